The van der Waals surface area contributed by atoms with Gasteiger partial charge >= 0.3 is 0 Å². The Bertz CT molecular complexity index is 473. The lowest BCUT2D eigenvalue weighted by atomic mass is 10.1. The molecule has 0 heterocycles. The molecule has 1 aliphatic rings. The highest BCUT2D eigenvalue weighted by Crippen LogP contribution is 2.23. The lowest BCUT2D eigenvalue weighted by molar-refractivity contribution is 0.364. The van der Waals surface area contributed by atoms with Crippen LogP contribution in [0.5, 0.6) is 0 Å². The first-order valence-corrected chi connectivity index (χ1v) is 6.39. The molecule has 1 saturated carbocycles. The van der Waals surface area contributed by atoms with Gasteiger partial charge in [-0.15, -0.1) is 0 Å². The highest BCUT2D eigenvalue weighted by atomic mass is 19.2. The first kappa shape index (κ1) is 15.2. The van der Waals surface area contributed by atoms with E-state index in [4.69, 9.17) is 0 Å². The minimum absolute atomic E-state index is 0.148. The lowest BCUT2D eigenvalue weighted by Gasteiger charge is -2.15. The Hall–Kier alpha value is -1.21. The minimum Gasteiger partial charge on any atom is -0.312 e. The van der Waals surface area contributed by atoms with E-state index in [1.54, 1.807) is 6.92 Å². The molecule has 7 heteroatoms. The molecule has 0 aromatic heterocycles. The fourth-order valence-corrected chi connectivity index (χ4v) is 1.78. The molecule has 0 radical (unpaired) electrons. The molecule has 112 valence electrons. The van der Waals surface area contributed by atoms with E-state index in [9.17, 15) is 22.0 Å². The predicted octanol–water partition coefficient (Wildman–Crippen LogP) is 2.61. The van der Waals surface area contributed by atoms with E-state index in [2.05, 4.69) is 10.6 Å². The van der Waals surface area contributed by atoms with Crippen LogP contribution in [0.25, 0.3) is 0 Å². The van der Waals surface area contributed by atoms with Gasteiger partial charge in [0, 0.05) is 30.7 Å². The molecule has 0 bridgehead atoms. The zero-order chi connectivity index (χ0) is 14.9. The van der Waals surface area contributed by atoms with Gasteiger partial charge in [0.25, 0.3) is 0 Å². The third kappa shape index (κ3) is 3.27. The topological polar surface area (TPSA) is 24.1 Å². The number of halogens is 5. The maximum Gasteiger partial charge on any atom is 0.200 e. The summed E-state index contributed by atoms with van der Waals surface area (Å²) in [6, 6.07) is 0.332. The lowest BCUT2D eigenvalue weighted by Crippen LogP contribution is -2.37. The quantitative estimate of drug-likeness (QED) is 0.479. The van der Waals surface area contributed by atoms with Crippen molar-refractivity contribution < 1.29 is 22.0 Å². The average molecular weight is 294 g/mol. The Morgan fingerprint density at radius 2 is 1.45 bits per heavy atom. The SMILES string of the molecule is CC(CNC1CC1)NCc1c(F)c(F)c(F)c(F)c1F. The number of hydrogen-bond acceptors (Lipinski definition) is 2. The van der Waals surface area contributed by atoms with Crippen LogP contribution in [0.2, 0.25) is 0 Å². The van der Waals surface area contributed by atoms with Gasteiger partial charge in [-0.1, -0.05) is 0 Å². The van der Waals surface area contributed by atoms with Crippen molar-refractivity contribution in [1.82, 2.24) is 10.6 Å². The molecule has 0 amide bonds. The summed E-state index contributed by atoms with van der Waals surface area (Å²) in [4.78, 5) is 0. The molecule has 2 nitrogen and oxygen atoms in total. The van der Waals surface area contributed by atoms with Gasteiger partial charge in [-0.05, 0) is 19.8 Å². The van der Waals surface area contributed by atoms with Gasteiger partial charge in [-0.3, -0.25) is 0 Å². The van der Waals surface area contributed by atoms with Gasteiger partial charge in [0.1, 0.15) is 0 Å². The maximum atomic E-state index is 13.4. The third-order valence-corrected chi connectivity index (χ3v) is 3.22. The number of benzene rings is 1. The Kier molecular flexibility index (Phi) is 4.59. The predicted molar refractivity (Wildman–Crippen MR) is 63.6 cm³/mol. The molecule has 0 saturated heterocycles. The average Bonchev–Trinajstić information content (AvgIpc) is 3.25. The van der Waals surface area contributed by atoms with E-state index in [0.717, 1.165) is 12.8 Å². The van der Waals surface area contributed by atoms with Gasteiger partial charge in [0.2, 0.25) is 5.82 Å². The van der Waals surface area contributed by atoms with E-state index in [0.29, 0.717) is 12.6 Å². The largest absolute Gasteiger partial charge is 0.312 e. The molecule has 1 aliphatic carbocycles. The number of rotatable bonds is 6. The zero-order valence-corrected chi connectivity index (χ0v) is 10.9. The minimum atomic E-state index is -2.13. The van der Waals surface area contributed by atoms with Crippen LogP contribution in [-0.2, 0) is 6.54 Å². The first-order chi connectivity index (χ1) is 9.41. The van der Waals surface area contributed by atoms with Crippen LogP contribution in [0.3, 0.4) is 0 Å². The van der Waals surface area contributed by atoms with Gasteiger partial charge in [-0.2, -0.15) is 0 Å². The molecule has 1 fully saturated rings. The van der Waals surface area contributed by atoms with Crippen molar-refractivity contribution in [3.05, 3.63) is 34.6 Å². The van der Waals surface area contributed by atoms with Gasteiger partial charge in [-0.25, -0.2) is 22.0 Å². The summed E-state index contributed by atoms with van der Waals surface area (Å²) in [7, 11) is 0. The molecule has 2 N–H and O–H groups in total. The molecular formula is C13H15F5N2. The number of nitrogens with one attached hydrogen (secondary N) is 2. The summed E-state index contributed by atoms with van der Waals surface area (Å²) in [5, 5.41) is 5.93. The van der Waals surface area contributed by atoms with Crippen LogP contribution in [0.1, 0.15) is 25.3 Å². The van der Waals surface area contributed by atoms with Gasteiger partial charge < -0.3 is 10.6 Å². The zero-order valence-electron chi connectivity index (χ0n) is 10.9. The standard InChI is InChI=1S/C13H15F5N2/c1-6(4-20-7-2-3-7)19-5-8-9(14)11(16)13(18)12(17)10(8)15/h6-7,19-20H,2-5H2,1H3. The van der Waals surface area contributed by atoms with Crippen LogP contribution < -0.4 is 10.6 Å². The van der Waals surface area contributed by atoms with Crippen LogP contribution in [-0.4, -0.2) is 18.6 Å². The Morgan fingerprint density at radius 3 is 1.95 bits per heavy atom. The molecule has 0 spiro atoms. The molecule has 1 unspecified atom stereocenters. The van der Waals surface area contributed by atoms with Crippen molar-refractivity contribution in [3.63, 3.8) is 0 Å². The van der Waals surface area contributed by atoms with Crippen LogP contribution >= 0.6 is 0 Å². The monoisotopic (exact) mass is 294 g/mol. The normalized spacial score (nSPS) is 16.5. The molecule has 2 rings (SSSR count). The smallest absolute Gasteiger partial charge is 0.200 e. The summed E-state index contributed by atoms with van der Waals surface area (Å²) in [5.74, 6) is -9.52. The number of hydrogen-bond donors (Lipinski definition) is 2. The molecule has 1 aromatic rings. The molecule has 0 aliphatic heterocycles. The van der Waals surface area contributed by atoms with E-state index >= 15 is 0 Å². The van der Waals surface area contributed by atoms with E-state index in [1.165, 1.54) is 0 Å². The third-order valence-electron chi connectivity index (χ3n) is 3.22. The second kappa shape index (κ2) is 6.05. The van der Waals surface area contributed by atoms with Crippen molar-refractivity contribution in [2.45, 2.75) is 38.4 Å². The maximum absolute atomic E-state index is 13.4. The molecule has 20 heavy (non-hydrogen) atoms. The second-order valence-electron chi connectivity index (χ2n) is 5.01. The van der Waals surface area contributed by atoms with Gasteiger partial charge in [0.15, 0.2) is 23.3 Å². The summed E-state index contributed by atoms with van der Waals surface area (Å²) in [6.07, 6.45) is 2.20. The summed E-state index contributed by atoms with van der Waals surface area (Å²) < 4.78 is 65.6. The molecule has 1 aromatic carbocycles. The van der Waals surface area contributed by atoms with Crippen LogP contribution in [0, 0.1) is 29.1 Å². The Morgan fingerprint density at radius 1 is 0.950 bits per heavy atom. The van der Waals surface area contributed by atoms with E-state index < -0.39 is 41.2 Å². The van der Waals surface area contributed by atoms with Crippen molar-refractivity contribution in [1.29, 1.82) is 0 Å². The highest BCUT2D eigenvalue weighted by molar-refractivity contribution is 5.24. The summed E-state index contributed by atoms with van der Waals surface area (Å²) in [5.41, 5.74) is -0.834. The fraction of sp³-hybridized carbons (Fsp3) is 0.538. The van der Waals surface area contributed by atoms with Crippen LogP contribution in [0.15, 0.2) is 0 Å². The summed E-state index contributed by atoms with van der Waals surface area (Å²) in [6.45, 7) is 1.92. The second-order valence-corrected chi connectivity index (χ2v) is 5.01. The van der Waals surface area contributed by atoms with E-state index in [1.807, 2.05) is 0 Å². The van der Waals surface area contributed by atoms with Crippen molar-refractivity contribution in [3.8, 4) is 0 Å². The fourth-order valence-electron chi connectivity index (χ4n) is 1.78. The van der Waals surface area contributed by atoms with Gasteiger partial charge in [0.05, 0.1) is 0 Å². The van der Waals surface area contributed by atoms with E-state index in [-0.39, 0.29) is 6.04 Å². The van der Waals surface area contributed by atoms with Crippen molar-refractivity contribution in [2.24, 2.45) is 0 Å². The first-order valence-electron chi connectivity index (χ1n) is 6.39. The Balaban J connectivity index is 2.01. The van der Waals surface area contributed by atoms with Crippen LogP contribution in [0.4, 0.5) is 22.0 Å². The molecular weight excluding hydrogens is 279 g/mol. The summed E-state index contributed by atoms with van der Waals surface area (Å²) >= 11 is 0. The van der Waals surface area contributed by atoms with Crippen molar-refractivity contribution in [2.75, 3.05) is 6.54 Å². The van der Waals surface area contributed by atoms with Crippen molar-refractivity contribution >= 4 is 0 Å². The molecule has 1 atom stereocenters. The Labute approximate surface area is 113 Å². The highest BCUT2D eigenvalue weighted by Gasteiger charge is 2.26.